The lowest BCUT2D eigenvalue weighted by Gasteiger charge is -2.57. The van der Waals surface area contributed by atoms with E-state index in [0.29, 0.717) is 0 Å². The van der Waals surface area contributed by atoms with Crippen molar-refractivity contribution in [3.05, 3.63) is 29.6 Å². The summed E-state index contributed by atoms with van der Waals surface area (Å²) in [5, 5.41) is 5.72. The maximum atomic E-state index is 13.6. The molecule has 4 bridgehead atoms. The zero-order valence-corrected chi connectivity index (χ0v) is 13.4. The highest BCUT2D eigenvalue weighted by molar-refractivity contribution is 5.92. The summed E-state index contributed by atoms with van der Waals surface area (Å²) in [6.07, 6.45) is 7.25. The van der Waals surface area contributed by atoms with E-state index in [4.69, 9.17) is 0 Å². The molecule has 24 heavy (non-hydrogen) atoms. The molecule has 4 fully saturated rings. The van der Waals surface area contributed by atoms with Crippen LogP contribution in [0.25, 0.3) is 0 Å². The third-order valence-electron chi connectivity index (χ3n) is 5.97. The molecule has 0 aliphatic heterocycles. The van der Waals surface area contributed by atoms with Crippen LogP contribution < -0.4 is 10.6 Å². The predicted octanol–water partition coefficient (Wildman–Crippen LogP) is 3.60. The van der Waals surface area contributed by atoms with E-state index in [1.807, 2.05) is 0 Å². The van der Waals surface area contributed by atoms with E-state index in [9.17, 15) is 18.0 Å². The van der Waals surface area contributed by atoms with Gasteiger partial charge in [0.1, 0.15) is 0 Å². The molecule has 4 saturated carbocycles. The third-order valence-corrected chi connectivity index (χ3v) is 5.97. The monoisotopic (exact) mass is 338 g/mol. The zero-order valence-electron chi connectivity index (χ0n) is 13.4. The molecular weight excluding hydrogens is 317 g/mol. The quantitative estimate of drug-likeness (QED) is 0.824. The van der Waals surface area contributed by atoms with E-state index < -0.39 is 23.4 Å². The summed E-state index contributed by atoms with van der Waals surface area (Å²) in [6.45, 7) is 0.0601. The Morgan fingerprint density at radius 1 is 1.00 bits per heavy atom. The Bertz CT molecular complexity index is 641. The number of amides is 1. The van der Waals surface area contributed by atoms with Gasteiger partial charge in [0, 0.05) is 5.54 Å². The number of anilines is 1. The highest BCUT2D eigenvalue weighted by Crippen LogP contribution is 2.55. The smallest absolute Gasteiger partial charge is 0.238 e. The molecule has 0 unspecified atom stereocenters. The minimum atomic E-state index is -1.57. The summed E-state index contributed by atoms with van der Waals surface area (Å²) in [6, 6.07) is 1.84. The van der Waals surface area contributed by atoms with Crippen LogP contribution in [0.3, 0.4) is 0 Å². The summed E-state index contributed by atoms with van der Waals surface area (Å²) in [4.78, 5) is 12.1. The maximum Gasteiger partial charge on any atom is 0.238 e. The van der Waals surface area contributed by atoms with Crippen LogP contribution in [0.5, 0.6) is 0 Å². The fourth-order valence-corrected chi connectivity index (χ4v) is 5.41. The van der Waals surface area contributed by atoms with E-state index in [1.165, 1.54) is 19.3 Å². The van der Waals surface area contributed by atoms with Gasteiger partial charge >= 0.3 is 0 Å². The molecule has 1 amide bonds. The summed E-state index contributed by atoms with van der Waals surface area (Å²) < 4.78 is 39.8. The van der Waals surface area contributed by atoms with Crippen molar-refractivity contribution in [3.63, 3.8) is 0 Å². The highest BCUT2D eigenvalue weighted by atomic mass is 19.2. The van der Waals surface area contributed by atoms with Gasteiger partial charge in [0.2, 0.25) is 5.91 Å². The van der Waals surface area contributed by atoms with Gasteiger partial charge in [-0.3, -0.25) is 4.79 Å². The van der Waals surface area contributed by atoms with Crippen molar-refractivity contribution in [3.8, 4) is 0 Å². The van der Waals surface area contributed by atoms with E-state index in [0.717, 1.165) is 49.1 Å². The zero-order chi connectivity index (χ0) is 16.9. The van der Waals surface area contributed by atoms with Crippen molar-refractivity contribution in [2.24, 2.45) is 17.8 Å². The first-order valence-corrected chi connectivity index (χ1v) is 8.62. The van der Waals surface area contributed by atoms with E-state index in [-0.39, 0.29) is 17.8 Å². The highest BCUT2D eigenvalue weighted by Gasteiger charge is 2.50. The van der Waals surface area contributed by atoms with Crippen LogP contribution in [0.2, 0.25) is 0 Å². The topological polar surface area (TPSA) is 41.1 Å². The second-order valence-corrected chi connectivity index (χ2v) is 7.82. The maximum absolute atomic E-state index is 13.6. The molecule has 0 saturated heterocycles. The average Bonchev–Trinajstić information content (AvgIpc) is 2.52. The van der Waals surface area contributed by atoms with Crippen molar-refractivity contribution >= 4 is 11.6 Å². The lowest BCUT2D eigenvalue weighted by molar-refractivity contribution is -0.116. The Morgan fingerprint density at radius 2 is 1.58 bits per heavy atom. The summed E-state index contributed by atoms with van der Waals surface area (Å²) >= 11 is 0. The summed E-state index contributed by atoms with van der Waals surface area (Å²) in [5.41, 5.74) is -0.301. The molecular formula is C18H21F3N2O. The normalized spacial score (nSPS) is 33.7. The molecule has 0 radical (unpaired) electrons. The Kier molecular flexibility index (Phi) is 3.82. The Morgan fingerprint density at radius 3 is 2.17 bits per heavy atom. The van der Waals surface area contributed by atoms with E-state index in [2.05, 4.69) is 10.6 Å². The molecule has 0 heterocycles. The fourth-order valence-electron chi connectivity index (χ4n) is 5.41. The van der Waals surface area contributed by atoms with Crippen molar-refractivity contribution < 1.29 is 18.0 Å². The lowest BCUT2D eigenvalue weighted by atomic mass is 9.53. The van der Waals surface area contributed by atoms with Crippen LogP contribution in [0.15, 0.2) is 12.1 Å². The number of carbonyl (C=O) groups is 1. The molecule has 2 N–H and O–H groups in total. The second kappa shape index (κ2) is 5.76. The summed E-state index contributed by atoms with van der Waals surface area (Å²) in [5.74, 6) is -2.35. The van der Waals surface area contributed by atoms with Crippen molar-refractivity contribution in [1.82, 2.24) is 5.32 Å². The van der Waals surface area contributed by atoms with Crippen LogP contribution in [-0.4, -0.2) is 18.0 Å². The van der Waals surface area contributed by atoms with Gasteiger partial charge in [-0.25, -0.2) is 13.2 Å². The first-order chi connectivity index (χ1) is 11.4. The molecule has 3 nitrogen and oxygen atoms in total. The van der Waals surface area contributed by atoms with E-state index in [1.54, 1.807) is 0 Å². The number of halogens is 3. The van der Waals surface area contributed by atoms with Crippen LogP contribution in [0, 0.1) is 35.2 Å². The van der Waals surface area contributed by atoms with Crippen LogP contribution in [0.4, 0.5) is 18.9 Å². The first-order valence-electron chi connectivity index (χ1n) is 8.62. The van der Waals surface area contributed by atoms with Gasteiger partial charge in [-0.1, -0.05) is 0 Å². The largest absolute Gasteiger partial charge is 0.322 e. The Hall–Kier alpha value is -1.56. The van der Waals surface area contributed by atoms with Gasteiger partial charge in [0.25, 0.3) is 0 Å². The molecule has 1 aromatic carbocycles. The van der Waals surface area contributed by atoms with Crippen molar-refractivity contribution in [2.45, 2.75) is 44.1 Å². The van der Waals surface area contributed by atoms with Crippen molar-refractivity contribution in [2.75, 3.05) is 11.9 Å². The number of benzene rings is 1. The third kappa shape index (κ3) is 2.81. The molecule has 5 rings (SSSR count). The molecule has 1 aromatic rings. The number of hydrogen-bond donors (Lipinski definition) is 2. The van der Waals surface area contributed by atoms with Crippen LogP contribution >= 0.6 is 0 Å². The Labute approximate surface area is 139 Å². The molecule has 4 aliphatic rings. The van der Waals surface area contributed by atoms with Gasteiger partial charge in [0.15, 0.2) is 17.5 Å². The minimum Gasteiger partial charge on any atom is -0.322 e. The Balaban J connectivity index is 1.38. The predicted molar refractivity (Wildman–Crippen MR) is 83.9 cm³/mol. The fraction of sp³-hybridized carbons (Fsp3) is 0.611. The molecule has 0 aromatic heterocycles. The van der Waals surface area contributed by atoms with Gasteiger partial charge < -0.3 is 10.6 Å². The number of carbonyl (C=O) groups excluding carboxylic acids is 1. The number of rotatable bonds is 4. The van der Waals surface area contributed by atoms with Crippen LogP contribution in [-0.2, 0) is 4.79 Å². The van der Waals surface area contributed by atoms with E-state index >= 15 is 0 Å². The standard InChI is InChI=1S/C18H21F3N2O/c19-13-1-2-14(17(21)16(13)20)23-15(24)9-22-18-6-10-3-11(7-18)5-12(4-10)8-18/h1-2,10-12,22H,3-9H2,(H,23,24). The minimum absolute atomic E-state index is 0.0265. The molecule has 6 heteroatoms. The molecule has 0 spiro atoms. The number of nitrogens with one attached hydrogen (secondary N) is 2. The van der Waals surface area contributed by atoms with Gasteiger partial charge in [-0.15, -0.1) is 0 Å². The molecule has 0 atom stereocenters. The lowest BCUT2D eigenvalue weighted by Crippen LogP contribution is -2.59. The first kappa shape index (κ1) is 15.9. The van der Waals surface area contributed by atoms with Crippen molar-refractivity contribution in [1.29, 1.82) is 0 Å². The van der Waals surface area contributed by atoms with Gasteiger partial charge in [-0.2, -0.15) is 0 Å². The molecule has 4 aliphatic carbocycles. The number of hydrogen-bond acceptors (Lipinski definition) is 2. The average molecular weight is 338 g/mol. The van der Waals surface area contributed by atoms with Crippen LogP contribution in [0.1, 0.15) is 38.5 Å². The van der Waals surface area contributed by atoms with Gasteiger partial charge in [-0.05, 0) is 68.4 Å². The molecule has 130 valence electrons. The summed E-state index contributed by atoms with van der Waals surface area (Å²) in [7, 11) is 0. The SMILES string of the molecule is O=C(CNC12CC3CC(CC(C3)C1)C2)Nc1ccc(F)c(F)c1F. The second-order valence-electron chi connectivity index (χ2n) is 7.82. The van der Waals surface area contributed by atoms with Gasteiger partial charge in [0.05, 0.1) is 12.2 Å².